The smallest absolute Gasteiger partial charge is 0.119 e. The van der Waals surface area contributed by atoms with E-state index in [-0.39, 0.29) is 0 Å². The van der Waals surface area contributed by atoms with Crippen molar-refractivity contribution >= 4 is 10.9 Å². The van der Waals surface area contributed by atoms with Gasteiger partial charge in [-0.25, -0.2) is 0 Å². The van der Waals surface area contributed by atoms with Crippen LogP contribution in [0.15, 0.2) is 79.0 Å². The highest BCUT2D eigenvalue weighted by Crippen LogP contribution is 2.32. The minimum absolute atomic E-state index is 0.469. The molecule has 140 valence electrons. The number of ether oxygens (including phenoxy) is 1. The number of aromatic nitrogens is 1. The number of hydrogen-bond donors (Lipinski definition) is 0. The second-order valence-corrected chi connectivity index (χ2v) is 7.60. The number of hydrogen-bond acceptors (Lipinski definition) is 2. The molecule has 0 fully saturated rings. The van der Waals surface area contributed by atoms with Crippen molar-refractivity contribution < 1.29 is 4.74 Å². The van der Waals surface area contributed by atoms with Gasteiger partial charge < -0.3 is 4.74 Å². The van der Waals surface area contributed by atoms with E-state index in [1.165, 1.54) is 27.6 Å². The van der Waals surface area contributed by atoms with E-state index in [1.807, 2.05) is 24.4 Å². The molecule has 3 aromatic carbocycles. The number of fused-ring (bicyclic) bond motifs is 1. The van der Waals surface area contributed by atoms with E-state index in [1.54, 1.807) is 0 Å². The van der Waals surface area contributed by atoms with E-state index in [0.29, 0.717) is 12.5 Å². The number of nitrogens with zero attached hydrogens (tertiary/aromatic N) is 1. The summed E-state index contributed by atoms with van der Waals surface area (Å²) < 4.78 is 5.97. The maximum Gasteiger partial charge on any atom is 0.119 e. The summed E-state index contributed by atoms with van der Waals surface area (Å²) in [4.78, 5) is 4.66. The van der Waals surface area contributed by atoms with Crippen LogP contribution >= 0.6 is 0 Å². The Kier molecular flexibility index (Phi) is 5.12. The zero-order chi connectivity index (χ0) is 19.5. The fourth-order valence-electron chi connectivity index (χ4n) is 3.40. The molecule has 0 atom stereocenters. The van der Waals surface area contributed by atoms with E-state index in [0.717, 1.165) is 16.8 Å². The van der Waals surface area contributed by atoms with Gasteiger partial charge in [0.1, 0.15) is 12.4 Å². The number of benzene rings is 3. The van der Waals surface area contributed by atoms with Gasteiger partial charge in [-0.2, -0.15) is 0 Å². The van der Waals surface area contributed by atoms with Crippen LogP contribution in [0.5, 0.6) is 5.75 Å². The normalized spacial score (nSPS) is 11.1. The fraction of sp³-hybridized carbons (Fsp3) is 0.192. The Labute approximate surface area is 166 Å². The van der Waals surface area contributed by atoms with Gasteiger partial charge in [-0.1, -0.05) is 55.8 Å². The third-order valence-electron chi connectivity index (χ3n) is 5.06. The molecule has 0 unspecified atom stereocenters. The first-order valence-corrected chi connectivity index (χ1v) is 9.77. The standard InChI is InChI=1S/C26H25NO/c1-18(2)23-15-22-8-5-13-27-26(22)25(16-23)21-7-4-6-20(14-21)17-28-24-11-9-19(3)10-12-24/h4-16,18H,17H2,1-3H3. The first-order chi connectivity index (χ1) is 13.6. The molecule has 4 aromatic rings. The van der Waals surface area contributed by atoms with Crippen molar-refractivity contribution in [2.45, 2.75) is 33.3 Å². The van der Waals surface area contributed by atoms with Crippen LogP contribution in [0, 0.1) is 6.92 Å². The molecule has 1 aromatic heterocycles. The van der Waals surface area contributed by atoms with Crippen molar-refractivity contribution in [3.8, 4) is 16.9 Å². The van der Waals surface area contributed by atoms with Crippen LogP contribution in [-0.4, -0.2) is 4.98 Å². The number of rotatable bonds is 5. The van der Waals surface area contributed by atoms with E-state index >= 15 is 0 Å². The minimum atomic E-state index is 0.469. The minimum Gasteiger partial charge on any atom is -0.489 e. The second kappa shape index (κ2) is 7.85. The lowest BCUT2D eigenvalue weighted by Crippen LogP contribution is -1.96. The van der Waals surface area contributed by atoms with Crippen molar-refractivity contribution in [1.82, 2.24) is 4.98 Å². The monoisotopic (exact) mass is 367 g/mol. The van der Waals surface area contributed by atoms with Crippen LogP contribution in [0.3, 0.4) is 0 Å². The molecule has 0 saturated carbocycles. The summed E-state index contributed by atoms with van der Waals surface area (Å²) in [7, 11) is 0. The maximum atomic E-state index is 5.97. The highest BCUT2D eigenvalue weighted by molar-refractivity contribution is 5.94. The van der Waals surface area contributed by atoms with Crippen molar-refractivity contribution in [3.05, 3.63) is 95.7 Å². The third kappa shape index (κ3) is 3.91. The number of aryl methyl sites for hydroxylation is 1. The van der Waals surface area contributed by atoms with Gasteiger partial charge >= 0.3 is 0 Å². The van der Waals surface area contributed by atoms with Crippen LogP contribution in [0.25, 0.3) is 22.0 Å². The predicted octanol–water partition coefficient (Wildman–Crippen LogP) is 6.91. The van der Waals surface area contributed by atoms with Crippen LogP contribution in [-0.2, 0) is 6.61 Å². The van der Waals surface area contributed by atoms with E-state index < -0.39 is 0 Å². The molecule has 0 spiro atoms. The van der Waals surface area contributed by atoms with Crippen LogP contribution < -0.4 is 4.74 Å². The Bertz CT molecular complexity index is 1100. The molecule has 1 heterocycles. The Morgan fingerprint density at radius 2 is 1.71 bits per heavy atom. The van der Waals surface area contributed by atoms with Gasteiger partial charge in [0, 0.05) is 17.1 Å². The second-order valence-electron chi connectivity index (χ2n) is 7.60. The number of pyridine rings is 1. The van der Waals surface area contributed by atoms with Crippen LogP contribution in [0.4, 0.5) is 0 Å². The van der Waals surface area contributed by atoms with Crippen molar-refractivity contribution in [1.29, 1.82) is 0 Å². The highest BCUT2D eigenvalue weighted by atomic mass is 16.5. The molecule has 4 rings (SSSR count). The maximum absolute atomic E-state index is 5.97. The van der Waals surface area contributed by atoms with Crippen LogP contribution in [0.2, 0.25) is 0 Å². The highest BCUT2D eigenvalue weighted by Gasteiger charge is 2.10. The largest absolute Gasteiger partial charge is 0.489 e. The first-order valence-electron chi connectivity index (χ1n) is 9.77. The topological polar surface area (TPSA) is 22.1 Å². The average molecular weight is 367 g/mol. The zero-order valence-corrected chi connectivity index (χ0v) is 16.6. The average Bonchev–Trinajstić information content (AvgIpc) is 2.72. The van der Waals surface area contributed by atoms with Gasteiger partial charge in [0.05, 0.1) is 5.52 Å². The van der Waals surface area contributed by atoms with Gasteiger partial charge in [0.15, 0.2) is 0 Å². The lowest BCUT2D eigenvalue weighted by Gasteiger charge is -2.13. The molecular weight excluding hydrogens is 342 g/mol. The summed E-state index contributed by atoms with van der Waals surface area (Å²) in [6, 6.07) is 25.4. The molecule has 0 radical (unpaired) electrons. The zero-order valence-electron chi connectivity index (χ0n) is 16.6. The van der Waals surface area contributed by atoms with Crippen molar-refractivity contribution in [2.75, 3.05) is 0 Å². The van der Waals surface area contributed by atoms with Gasteiger partial charge in [-0.05, 0) is 65.9 Å². The predicted molar refractivity (Wildman–Crippen MR) is 117 cm³/mol. The Hall–Kier alpha value is -3.13. The first kappa shape index (κ1) is 18.2. The summed E-state index contributed by atoms with van der Waals surface area (Å²) in [5.74, 6) is 1.36. The van der Waals surface area contributed by atoms with E-state index in [9.17, 15) is 0 Å². The van der Waals surface area contributed by atoms with Gasteiger partial charge in [-0.15, -0.1) is 0 Å². The third-order valence-corrected chi connectivity index (χ3v) is 5.06. The lowest BCUT2D eigenvalue weighted by atomic mass is 9.93. The van der Waals surface area contributed by atoms with Gasteiger partial charge in [0.25, 0.3) is 0 Å². The molecule has 0 amide bonds. The van der Waals surface area contributed by atoms with Crippen LogP contribution in [0.1, 0.15) is 36.5 Å². The molecule has 0 saturated heterocycles. The van der Waals surface area contributed by atoms with Gasteiger partial charge in [0.2, 0.25) is 0 Å². The quantitative estimate of drug-likeness (QED) is 0.382. The lowest BCUT2D eigenvalue weighted by molar-refractivity contribution is 0.306. The fourth-order valence-corrected chi connectivity index (χ4v) is 3.40. The molecular formula is C26H25NO. The molecule has 2 nitrogen and oxygen atoms in total. The Balaban J connectivity index is 1.68. The molecule has 0 aliphatic heterocycles. The molecule has 28 heavy (non-hydrogen) atoms. The van der Waals surface area contributed by atoms with Crippen molar-refractivity contribution in [2.24, 2.45) is 0 Å². The molecule has 0 N–H and O–H groups in total. The Morgan fingerprint density at radius 1 is 0.893 bits per heavy atom. The molecule has 2 heteroatoms. The van der Waals surface area contributed by atoms with Gasteiger partial charge in [-0.3, -0.25) is 4.98 Å². The van der Waals surface area contributed by atoms with Crippen molar-refractivity contribution in [3.63, 3.8) is 0 Å². The Morgan fingerprint density at radius 3 is 2.50 bits per heavy atom. The summed E-state index contributed by atoms with van der Waals surface area (Å²) >= 11 is 0. The molecule has 0 bridgehead atoms. The molecule has 0 aliphatic carbocycles. The van der Waals surface area contributed by atoms with E-state index in [4.69, 9.17) is 4.74 Å². The SMILES string of the molecule is Cc1ccc(OCc2cccc(-c3cc(C(C)C)cc4cccnc34)c2)cc1. The summed E-state index contributed by atoms with van der Waals surface area (Å²) in [6.45, 7) is 7.09. The summed E-state index contributed by atoms with van der Waals surface area (Å²) in [6.07, 6.45) is 1.87. The summed E-state index contributed by atoms with van der Waals surface area (Å²) in [5.41, 5.74) is 7.12. The molecule has 0 aliphatic rings. The van der Waals surface area contributed by atoms with E-state index in [2.05, 4.69) is 80.4 Å². The summed E-state index contributed by atoms with van der Waals surface area (Å²) in [5, 5.41) is 1.19.